The maximum absolute atomic E-state index is 12.3. The summed E-state index contributed by atoms with van der Waals surface area (Å²) in [5.74, 6) is -2.47. The molecular formula is C20H16F3N3O5. The van der Waals surface area contributed by atoms with Crippen LogP contribution in [0.25, 0.3) is 11.1 Å². The highest BCUT2D eigenvalue weighted by molar-refractivity contribution is 6.04. The first-order valence-electron chi connectivity index (χ1n) is 8.50. The van der Waals surface area contributed by atoms with E-state index in [2.05, 4.69) is 15.3 Å². The van der Waals surface area contributed by atoms with Crippen LogP contribution in [0.2, 0.25) is 0 Å². The Morgan fingerprint density at radius 2 is 1.65 bits per heavy atom. The minimum absolute atomic E-state index is 0.185. The molecule has 0 aliphatic heterocycles. The van der Waals surface area contributed by atoms with Crippen LogP contribution in [0.3, 0.4) is 0 Å². The number of halogens is 3. The molecule has 0 spiro atoms. The number of rotatable bonds is 4. The number of amides is 1. The summed E-state index contributed by atoms with van der Waals surface area (Å²) in [5, 5.41) is 9.76. The Balaban J connectivity index is 0.000000423. The molecule has 0 fully saturated rings. The van der Waals surface area contributed by atoms with Crippen molar-refractivity contribution < 1.29 is 32.6 Å². The minimum Gasteiger partial charge on any atom is -0.497 e. The number of ether oxygens (including phenoxy) is 1. The molecule has 8 nitrogen and oxygen atoms in total. The molecule has 0 aliphatic carbocycles. The third-order valence-electron chi connectivity index (χ3n) is 3.76. The molecule has 1 amide bonds. The van der Waals surface area contributed by atoms with Gasteiger partial charge in [0.1, 0.15) is 11.4 Å². The van der Waals surface area contributed by atoms with E-state index in [4.69, 9.17) is 14.6 Å². The van der Waals surface area contributed by atoms with Crippen molar-refractivity contribution in [3.63, 3.8) is 0 Å². The fourth-order valence-electron chi connectivity index (χ4n) is 2.22. The zero-order valence-electron chi connectivity index (χ0n) is 15.9. The molecular weight excluding hydrogens is 419 g/mol. The number of H-pyrrole nitrogens is 1. The normalized spacial score (nSPS) is 10.5. The van der Waals surface area contributed by atoms with Crippen LogP contribution in [-0.2, 0) is 4.79 Å². The number of carbonyl (C=O) groups excluding carboxylic acids is 1. The second-order valence-electron chi connectivity index (χ2n) is 5.85. The summed E-state index contributed by atoms with van der Waals surface area (Å²) < 4.78 is 36.8. The second-order valence-corrected chi connectivity index (χ2v) is 5.85. The summed E-state index contributed by atoms with van der Waals surface area (Å²) in [5.41, 5.74) is 1.92. The monoisotopic (exact) mass is 435 g/mol. The van der Waals surface area contributed by atoms with E-state index in [9.17, 15) is 22.8 Å². The maximum Gasteiger partial charge on any atom is 0.490 e. The SMILES string of the molecule is COc1ccc(C(=O)Nc2cc(-c3ccncc3)c[nH]c2=O)cc1.O=C(O)C(F)(F)F. The van der Waals surface area contributed by atoms with Crippen molar-refractivity contribution in [1.82, 2.24) is 9.97 Å². The number of pyridine rings is 2. The highest BCUT2D eigenvalue weighted by Gasteiger charge is 2.38. The molecule has 2 heterocycles. The number of hydrogen-bond donors (Lipinski definition) is 3. The van der Waals surface area contributed by atoms with Gasteiger partial charge in [-0.15, -0.1) is 0 Å². The maximum atomic E-state index is 12.3. The molecule has 3 rings (SSSR count). The molecule has 1 aromatic carbocycles. The van der Waals surface area contributed by atoms with Crippen LogP contribution in [0.1, 0.15) is 10.4 Å². The molecule has 31 heavy (non-hydrogen) atoms. The van der Waals surface area contributed by atoms with Crippen molar-refractivity contribution >= 4 is 17.6 Å². The van der Waals surface area contributed by atoms with E-state index in [-0.39, 0.29) is 17.2 Å². The fourth-order valence-corrected chi connectivity index (χ4v) is 2.22. The average Bonchev–Trinajstić information content (AvgIpc) is 2.75. The van der Waals surface area contributed by atoms with Crippen molar-refractivity contribution in [1.29, 1.82) is 0 Å². The van der Waals surface area contributed by atoms with Gasteiger partial charge in [-0.1, -0.05) is 0 Å². The van der Waals surface area contributed by atoms with Gasteiger partial charge in [0.25, 0.3) is 11.5 Å². The molecule has 2 aromatic heterocycles. The van der Waals surface area contributed by atoms with E-state index in [0.717, 1.165) is 11.1 Å². The number of nitrogens with one attached hydrogen (secondary N) is 2. The molecule has 0 radical (unpaired) electrons. The number of aromatic amines is 1. The van der Waals surface area contributed by atoms with Crippen LogP contribution < -0.4 is 15.6 Å². The number of alkyl halides is 3. The zero-order valence-corrected chi connectivity index (χ0v) is 15.9. The van der Waals surface area contributed by atoms with Gasteiger partial charge in [-0.3, -0.25) is 14.6 Å². The standard InChI is InChI=1S/C18H15N3O3.C2HF3O2/c1-24-15-4-2-13(3-5-15)17(22)21-16-10-14(11-20-18(16)23)12-6-8-19-9-7-12;3-2(4,5)1(6)7/h2-11H,1H3,(H,20,23)(H,21,22);(H,6,7). The number of nitrogens with zero attached hydrogens (tertiary/aromatic N) is 1. The van der Waals surface area contributed by atoms with Crippen molar-refractivity contribution in [2.45, 2.75) is 6.18 Å². The van der Waals surface area contributed by atoms with Crippen molar-refractivity contribution in [2.75, 3.05) is 12.4 Å². The number of aromatic nitrogens is 2. The van der Waals surface area contributed by atoms with E-state index < -0.39 is 12.1 Å². The highest BCUT2D eigenvalue weighted by atomic mass is 19.4. The van der Waals surface area contributed by atoms with Gasteiger partial charge >= 0.3 is 12.1 Å². The second kappa shape index (κ2) is 10.1. The van der Waals surface area contributed by atoms with Crippen LogP contribution in [0.5, 0.6) is 5.75 Å². The van der Waals surface area contributed by atoms with E-state index >= 15 is 0 Å². The highest BCUT2D eigenvalue weighted by Crippen LogP contribution is 2.19. The summed E-state index contributed by atoms with van der Waals surface area (Å²) in [6, 6.07) is 11.9. The van der Waals surface area contributed by atoms with Gasteiger partial charge in [-0.2, -0.15) is 13.2 Å². The topological polar surface area (TPSA) is 121 Å². The lowest BCUT2D eigenvalue weighted by Gasteiger charge is -2.07. The first-order chi connectivity index (χ1) is 14.6. The number of carbonyl (C=O) groups is 2. The van der Waals surface area contributed by atoms with Gasteiger partial charge in [0.05, 0.1) is 7.11 Å². The largest absolute Gasteiger partial charge is 0.497 e. The Morgan fingerprint density at radius 3 is 2.16 bits per heavy atom. The smallest absolute Gasteiger partial charge is 0.490 e. The number of aliphatic carboxylic acids is 1. The summed E-state index contributed by atoms with van der Waals surface area (Å²) >= 11 is 0. The number of hydrogen-bond acceptors (Lipinski definition) is 5. The lowest BCUT2D eigenvalue weighted by Crippen LogP contribution is -2.21. The quantitative estimate of drug-likeness (QED) is 0.578. The summed E-state index contributed by atoms with van der Waals surface area (Å²) in [6.45, 7) is 0. The fraction of sp³-hybridized carbons (Fsp3) is 0.100. The molecule has 3 aromatic rings. The molecule has 0 aliphatic rings. The van der Waals surface area contributed by atoms with Gasteiger partial charge < -0.3 is 20.1 Å². The zero-order chi connectivity index (χ0) is 23.0. The Bertz CT molecular complexity index is 1100. The predicted octanol–water partition coefficient (Wildman–Crippen LogP) is 3.33. The number of carboxylic acid groups (broad SMARTS) is 1. The first kappa shape index (κ1) is 23.1. The Hall–Kier alpha value is -4.15. The lowest BCUT2D eigenvalue weighted by molar-refractivity contribution is -0.192. The minimum atomic E-state index is -5.08. The van der Waals surface area contributed by atoms with E-state index in [1.807, 2.05) is 12.1 Å². The summed E-state index contributed by atoms with van der Waals surface area (Å²) in [6.07, 6.45) is -0.160. The van der Waals surface area contributed by atoms with Crippen LogP contribution in [-0.4, -0.2) is 40.2 Å². The molecule has 0 unspecified atom stereocenters. The molecule has 0 atom stereocenters. The molecule has 3 N–H and O–H groups in total. The van der Waals surface area contributed by atoms with E-state index in [1.165, 1.54) is 0 Å². The molecule has 162 valence electrons. The Morgan fingerprint density at radius 1 is 1.06 bits per heavy atom. The number of anilines is 1. The molecule has 0 saturated carbocycles. The number of benzene rings is 1. The van der Waals surface area contributed by atoms with Crippen LogP contribution in [0.4, 0.5) is 18.9 Å². The van der Waals surface area contributed by atoms with Gasteiger partial charge in [0.2, 0.25) is 0 Å². The Kier molecular flexibility index (Phi) is 7.50. The summed E-state index contributed by atoms with van der Waals surface area (Å²) in [4.78, 5) is 39.8. The van der Waals surface area contributed by atoms with Gasteiger partial charge in [0.15, 0.2) is 0 Å². The third kappa shape index (κ3) is 6.70. The van der Waals surface area contributed by atoms with Crippen molar-refractivity contribution in [3.05, 3.63) is 77.0 Å². The molecule has 11 heteroatoms. The Labute approximate surface area is 173 Å². The van der Waals surface area contributed by atoms with Gasteiger partial charge in [0, 0.05) is 29.7 Å². The van der Waals surface area contributed by atoms with Gasteiger partial charge in [-0.05, 0) is 48.0 Å². The predicted molar refractivity (Wildman–Crippen MR) is 105 cm³/mol. The van der Waals surface area contributed by atoms with E-state index in [1.54, 1.807) is 56.0 Å². The number of methoxy groups -OCH3 is 1. The van der Waals surface area contributed by atoms with E-state index in [0.29, 0.717) is 11.3 Å². The van der Waals surface area contributed by atoms with Gasteiger partial charge in [-0.25, -0.2) is 4.79 Å². The van der Waals surface area contributed by atoms with Crippen LogP contribution >= 0.6 is 0 Å². The summed E-state index contributed by atoms with van der Waals surface area (Å²) in [7, 11) is 1.55. The van der Waals surface area contributed by atoms with Crippen LogP contribution in [0.15, 0.2) is 65.8 Å². The third-order valence-corrected chi connectivity index (χ3v) is 3.76. The van der Waals surface area contributed by atoms with Crippen LogP contribution in [0, 0.1) is 0 Å². The van der Waals surface area contributed by atoms with Crippen molar-refractivity contribution in [3.8, 4) is 16.9 Å². The molecule has 0 bridgehead atoms. The first-order valence-corrected chi connectivity index (χ1v) is 8.50. The average molecular weight is 435 g/mol. The number of carboxylic acids is 1. The van der Waals surface area contributed by atoms with Crippen molar-refractivity contribution in [2.24, 2.45) is 0 Å². The lowest BCUT2D eigenvalue weighted by atomic mass is 10.1. The molecule has 0 saturated heterocycles.